The van der Waals surface area contributed by atoms with E-state index in [1.807, 2.05) is 0 Å². The van der Waals surface area contributed by atoms with E-state index < -0.39 is 0 Å². The van der Waals surface area contributed by atoms with Crippen molar-refractivity contribution in [2.24, 2.45) is 5.73 Å². The molecule has 19 heavy (non-hydrogen) atoms. The second-order valence-corrected chi connectivity index (χ2v) is 5.53. The molecule has 0 bridgehead atoms. The maximum Gasteiger partial charge on any atom is 0.0841 e. The second-order valence-electron chi connectivity index (χ2n) is 5.53. The van der Waals surface area contributed by atoms with Crippen molar-refractivity contribution in [2.75, 3.05) is 0 Å². The van der Waals surface area contributed by atoms with Crippen molar-refractivity contribution in [3.63, 3.8) is 0 Å². The minimum atomic E-state index is 0.516. The van der Waals surface area contributed by atoms with Gasteiger partial charge in [0.05, 0.1) is 5.69 Å². The molecule has 2 aromatic rings. The number of aromatic nitrogens is 2. The Morgan fingerprint density at radius 2 is 1.89 bits per heavy atom. The van der Waals surface area contributed by atoms with E-state index in [-0.39, 0.29) is 0 Å². The van der Waals surface area contributed by atoms with Gasteiger partial charge in [-0.15, -0.1) is 0 Å². The molecule has 0 atom stereocenters. The molecule has 0 fully saturated rings. The third kappa shape index (κ3) is 2.19. The monoisotopic (exact) mass is 255 g/mol. The van der Waals surface area contributed by atoms with E-state index in [1.165, 1.54) is 40.8 Å². The van der Waals surface area contributed by atoms with Crippen molar-refractivity contribution in [2.45, 2.75) is 46.2 Å². The molecular weight excluding hydrogens is 234 g/mol. The predicted molar refractivity (Wildman–Crippen MR) is 78.0 cm³/mol. The molecule has 2 heterocycles. The topological polar surface area (TPSA) is 43.8 Å². The fourth-order valence-electron chi connectivity index (χ4n) is 3.14. The van der Waals surface area contributed by atoms with Gasteiger partial charge in [0.2, 0.25) is 0 Å². The summed E-state index contributed by atoms with van der Waals surface area (Å²) >= 11 is 0. The smallest absolute Gasteiger partial charge is 0.0841 e. The molecule has 0 radical (unpaired) electrons. The first kappa shape index (κ1) is 12.4. The first-order valence-electron chi connectivity index (χ1n) is 7.06. The van der Waals surface area contributed by atoms with Crippen LogP contribution in [0.3, 0.4) is 0 Å². The summed E-state index contributed by atoms with van der Waals surface area (Å²) in [6, 6.07) is 6.71. The lowest BCUT2D eigenvalue weighted by Crippen LogP contribution is -2.11. The van der Waals surface area contributed by atoms with Crippen molar-refractivity contribution >= 4 is 0 Å². The number of hydrogen-bond acceptors (Lipinski definition) is 2. The zero-order chi connectivity index (χ0) is 13.4. The van der Waals surface area contributed by atoms with Gasteiger partial charge >= 0.3 is 0 Å². The molecule has 1 aliphatic heterocycles. The number of nitrogens with two attached hydrogens (primary N) is 1. The van der Waals surface area contributed by atoms with E-state index in [4.69, 9.17) is 10.8 Å². The largest absolute Gasteiger partial charge is 0.325 e. The van der Waals surface area contributed by atoms with Crippen molar-refractivity contribution < 1.29 is 0 Å². The van der Waals surface area contributed by atoms with Crippen molar-refractivity contribution in [3.05, 3.63) is 40.7 Å². The zero-order valence-corrected chi connectivity index (χ0v) is 11.7. The van der Waals surface area contributed by atoms with Crippen LogP contribution in [0.4, 0.5) is 0 Å². The van der Waals surface area contributed by atoms with Gasteiger partial charge in [-0.25, -0.2) is 0 Å². The number of benzene rings is 1. The quantitative estimate of drug-likeness (QED) is 0.896. The van der Waals surface area contributed by atoms with Gasteiger partial charge < -0.3 is 5.73 Å². The highest BCUT2D eigenvalue weighted by Gasteiger charge is 2.20. The summed E-state index contributed by atoms with van der Waals surface area (Å²) in [6.07, 6.45) is 3.60. The maximum absolute atomic E-state index is 5.90. The first-order chi connectivity index (χ1) is 9.19. The summed E-state index contributed by atoms with van der Waals surface area (Å²) in [5.41, 5.74) is 13.5. The van der Waals surface area contributed by atoms with Crippen molar-refractivity contribution in [1.82, 2.24) is 9.78 Å². The maximum atomic E-state index is 5.90. The molecule has 0 amide bonds. The third-order valence-corrected chi connectivity index (χ3v) is 3.87. The Morgan fingerprint density at radius 3 is 2.58 bits per heavy atom. The second kappa shape index (κ2) is 4.82. The first-order valence-corrected chi connectivity index (χ1v) is 7.06. The van der Waals surface area contributed by atoms with Crippen LogP contribution in [0.15, 0.2) is 18.2 Å². The van der Waals surface area contributed by atoms with Crippen LogP contribution in [0.25, 0.3) is 11.1 Å². The number of fused-ring (bicyclic) bond motifs is 1. The average Bonchev–Trinajstić information content (AvgIpc) is 2.75. The fraction of sp³-hybridized carbons (Fsp3) is 0.438. The SMILES string of the molecule is Cc1cc(C)cc(-c2c(CN)nn3c2CCCC3)c1. The molecule has 2 N–H and O–H groups in total. The highest BCUT2D eigenvalue weighted by atomic mass is 15.3. The van der Waals surface area contributed by atoms with E-state index in [0.717, 1.165) is 18.7 Å². The normalized spacial score (nSPS) is 14.5. The predicted octanol–water partition coefficient (Wildman–Crippen LogP) is 2.96. The van der Waals surface area contributed by atoms with Crippen LogP contribution in [0, 0.1) is 13.8 Å². The summed E-state index contributed by atoms with van der Waals surface area (Å²) < 4.78 is 2.17. The Balaban J connectivity index is 2.20. The van der Waals surface area contributed by atoms with Crippen LogP contribution in [-0.2, 0) is 19.5 Å². The van der Waals surface area contributed by atoms with E-state index in [9.17, 15) is 0 Å². The van der Waals surface area contributed by atoms with Crippen LogP contribution in [0.1, 0.15) is 35.4 Å². The van der Waals surface area contributed by atoms with Crippen LogP contribution in [0.5, 0.6) is 0 Å². The molecule has 0 aliphatic carbocycles. The Hall–Kier alpha value is -1.61. The number of aryl methyl sites for hydroxylation is 3. The summed E-state index contributed by atoms with van der Waals surface area (Å²) in [4.78, 5) is 0. The fourth-order valence-corrected chi connectivity index (χ4v) is 3.14. The van der Waals surface area contributed by atoms with Gasteiger partial charge in [-0.3, -0.25) is 4.68 Å². The van der Waals surface area contributed by atoms with E-state index in [0.29, 0.717) is 6.54 Å². The molecule has 0 spiro atoms. The Bertz CT molecular complexity index is 590. The van der Waals surface area contributed by atoms with Gasteiger partial charge in [-0.05, 0) is 38.7 Å². The molecule has 0 saturated heterocycles. The minimum absolute atomic E-state index is 0.516. The zero-order valence-electron chi connectivity index (χ0n) is 11.7. The Morgan fingerprint density at radius 1 is 1.16 bits per heavy atom. The van der Waals surface area contributed by atoms with Gasteiger partial charge in [0.15, 0.2) is 0 Å². The molecular formula is C16H21N3. The summed E-state index contributed by atoms with van der Waals surface area (Å²) in [6.45, 7) is 5.85. The molecule has 3 nitrogen and oxygen atoms in total. The van der Waals surface area contributed by atoms with Gasteiger partial charge in [0, 0.05) is 24.3 Å². The van der Waals surface area contributed by atoms with Crippen LogP contribution in [-0.4, -0.2) is 9.78 Å². The lowest BCUT2D eigenvalue weighted by Gasteiger charge is -2.15. The van der Waals surface area contributed by atoms with Gasteiger partial charge in [0.25, 0.3) is 0 Å². The van der Waals surface area contributed by atoms with Crippen molar-refractivity contribution in [3.8, 4) is 11.1 Å². The number of hydrogen-bond donors (Lipinski definition) is 1. The number of nitrogens with zero attached hydrogens (tertiary/aromatic N) is 2. The van der Waals surface area contributed by atoms with Crippen LogP contribution < -0.4 is 5.73 Å². The van der Waals surface area contributed by atoms with Crippen LogP contribution >= 0.6 is 0 Å². The lowest BCUT2D eigenvalue weighted by molar-refractivity contribution is 0.484. The lowest BCUT2D eigenvalue weighted by atomic mass is 9.96. The number of rotatable bonds is 2. The Labute approximate surface area is 114 Å². The molecule has 1 aliphatic rings. The summed E-state index contributed by atoms with van der Waals surface area (Å²) in [7, 11) is 0. The molecule has 100 valence electrons. The van der Waals surface area contributed by atoms with E-state index in [1.54, 1.807) is 0 Å². The standard InChI is InChI=1S/C16H21N3/c1-11-7-12(2)9-13(8-11)16-14(10-17)18-19-6-4-3-5-15(16)19/h7-9H,3-6,10,17H2,1-2H3. The van der Waals surface area contributed by atoms with Gasteiger partial charge in [-0.2, -0.15) is 5.10 Å². The molecule has 1 aromatic carbocycles. The molecule has 1 aromatic heterocycles. The molecule has 3 rings (SSSR count). The molecule has 0 saturated carbocycles. The average molecular weight is 255 g/mol. The minimum Gasteiger partial charge on any atom is -0.325 e. The molecule has 3 heteroatoms. The molecule has 0 unspecified atom stereocenters. The third-order valence-electron chi connectivity index (χ3n) is 3.87. The highest BCUT2D eigenvalue weighted by molar-refractivity contribution is 5.70. The summed E-state index contributed by atoms with van der Waals surface area (Å²) in [5.74, 6) is 0. The van der Waals surface area contributed by atoms with Gasteiger partial charge in [0.1, 0.15) is 0 Å². The Kier molecular flexibility index (Phi) is 3.15. The van der Waals surface area contributed by atoms with Crippen LogP contribution in [0.2, 0.25) is 0 Å². The summed E-state index contributed by atoms with van der Waals surface area (Å²) in [5, 5.41) is 4.70. The van der Waals surface area contributed by atoms with Crippen molar-refractivity contribution in [1.29, 1.82) is 0 Å². The van der Waals surface area contributed by atoms with E-state index in [2.05, 4.69) is 36.7 Å². The van der Waals surface area contributed by atoms with E-state index >= 15 is 0 Å². The highest BCUT2D eigenvalue weighted by Crippen LogP contribution is 2.32. The van der Waals surface area contributed by atoms with Gasteiger partial charge in [-0.1, -0.05) is 29.3 Å².